The van der Waals surface area contributed by atoms with Crippen LogP contribution in [0.1, 0.15) is 37.1 Å². The second-order valence-corrected chi connectivity index (χ2v) is 6.09. The zero-order valence-corrected chi connectivity index (χ0v) is 11.2. The van der Waals surface area contributed by atoms with Gasteiger partial charge in [-0.1, -0.05) is 30.6 Å². The van der Waals surface area contributed by atoms with Crippen molar-refractivity contribution in [2.75, 3.05) is 5.73 Å². The molecule has 0 unspecified atom stereocenters. The Morgan fingerprint density at radius 2 is 2.00 bits per heavy atom. The van der Waals surface area contributed by atoms with E-state index in [1.807, 2.05) is 0 Å². The van der Waals surface area contributed by atoms with Crippen LogP contribution in [0.2, 0.25) is 0 Å². The van der Waals surface area contributed by atoms with Crippen LogP contribution in [0.25, 0.3) is 0 Å². The fourth-order valence-electron chi connectivity index (χ4n) is 2.78. The highest BCUT2D eigenvalue weighted by molar-refractivity contribution is 7.15. The van der Waals surface area contributed by atoms with Crippen molar-refractivity contribution in [3.63, 3.8) is 0 Å². The number of nitrogen functional groups attached to an aromatic ring is 1. The molecule has 1 aromatic heterocycles. The van der Waals surface area contributed by atoms with Gasteiger partial charge in [-0.25, -0.2) is 4.79 Å². The van der Waals surface area contributed by atoms with Crippen LogP contribution in [0.15, 0.2) is 0 Å². The molecule has 0 atom stereocenters. The van der Waals surface area contributed by atoms with Crippen molar-refractivity contribution in [2.45, 2.75) is 44.2 Å². The number of nitrogens with zero attached hydrogens (tertiary/aromatic N) is 3. The number of rotatable bonds is 2. The van der Waals surface area contributed by atoms with Crippen LogP contribution < -0.4 is 11.1 Å². The van der Waals surface area contributed by atoms with E-state index in [0.717, 1.165) is 32.1 Å². The van der Waals surface area contributed by atoms with Crippen molar-refractivity contribution in [3.05, 3.63) is 5.01 Å². The zero-order valence-electron chi connectivity index (χ0n) is 10.4. The zero-order chi connectivity index (χ0) is 13.5. The number of imide groups is 1. The molecule has 0 bridgehead atoms. The SMILES string of the molecule is Nc1nnc(CN2C(=O)NC3(CCCCC3)C2=O)s1. The molecule has 7 nitrogen and oxygen atoms in total. The third kappa shape index (κ3) is 2.05. The quantitative estimate of drug-likeness (QED) is 0.783. The Labute approximate surface area is 114 Å². The molecule has 3 amide bonds. The minimum absolute atomic E-state index is 0.133. The molecule has 2 fully saturated rings. The fourth-order valence-corrected chi connectivity index (χ4v) is 3.38. The fraction of sp³-hybridized carbons (Fsp3) is 0.636. The summed E-state index contributed by atoms with van der Waals surface area (Å²) in [7, 11) is 0. The Morgan fingerprint density at radius 3 is 2.63 bits per heavy atom. The van der Waals surface area contributed by atoms with E-state index in [9.17, 15) is 9.59 Å². The van der Waals surface area contributed by atoms with Gasteiger partial charge in [0.2, 0.25) is 5.13 Å². The average Bonchev–Trinajstić information content (AvgIpc) is 2.89. The summed E-state index contributed by atoms with van der Waals surface area (Å²) in [5, 5.41) is 11.3. The van der Waals surface area contributed by atoms with E-state index in [4.69, 9.17) is 5.73 Å². The van der Waals surface area contributed by atoms with Gasteiger partial charge in [0.25, 0.3) is 5.91 Å². The molecule has 2 heterocycles. The maximum Gasteiger partial charge on any atom is 0.325 e. The standard InChI is InChI=1S/C11H15N5O2S/c12-9-15-14-7(19-9)6-16-8(17)11(13-10(16)18)4-2-1-3-5-11/h1-6H2,(H2,12,15)(H,13,18). The Bertz CT molecular complexity index is 523. The summed E-state index contributed by atoms with van der Waals surface area (Å²) in [5.74, 6) is -0.133. The van der Waals surface area contributed by atoms with E-state index >= 15 is 0 Å². The minimum atomic E-state index is -0.675. The van der Waals surface area contributed by atoms with Crippen LogP contribution in [-0.4, -0.2) is 32.6 Å². The molecule has 3 rings (SSSR count). The van der Waals surface area contributed by atoms with Crippen LogP contribution in [0, 0.1) is 0 Å². The smallest absolute Gasteiger partial charge is 0.325 e. The molecule has 1 saturated heterocycles. The molecule has 102 valence electrons. The van der Waals surface area contributed by atoms with E-state index in [0.29, 0.717) is 10.1 Å². The van der Waals surface area contributed by atoms with Crippen molar-refractivity contribution >= 4 is 28.4 Å². The van der Waals surface area contributed by atoms with Gasteiger partial charge in [0.05, 0.1) is 6.54 Å². The first-order valence-electron chi connectivity index (χ1n) is 6.33. The van der Waals surface area contributed by atoms with Crippen LogP contribution in [0.3, 0.4) is 0 Å². The van der Waals surface area contributed by atoms with Gasteiger partial charge in [-0.15, -0.1) is 10.2 Å². The van der Waals surface area contributed by atoms with Crippen LogP contribution in [0.5, 0.6) is 0 Å². The molecule has 1 aromatic rings. The van der Waals surface area contributed by atoms with Gasteiger partial charge in [0.15, 0.2) is 0 Å². The summed E-state index contributed by atoms with van der Waals surface area (Å²) in [4.78, 5) is 25.7. The maximum atomic E-state index is 12.5. The molecule has 0 aromatic carbocycles. The van der Waals surface area contributed by atoms with Crippen LogP contribution in [-0.2, 0) is 11.3 Å². The highest BCUT2D eigenvalue weighted by atomic mass is 32.1. The van der Waals surface area contributed by atoms with Gasteiger partial charge in [-0.2, -0.15) is 0 Å². The van der Waals surface area contributed by atoms with Gasteiger partial charge in [0, 0.05) is 0 Å². The highest BCUT2D eigenvalue weighted by Gasteiger charge is 2.51. The summed E-state index contributed by atoms with van der Waals surface area (Å²) >= 11 is 1.20. The monoisotopic (exact) mass is 281 g/mol. The largest absolute Gasteiger partial charge is 0.374 e. The molecule has 19 heavy (non-hydrogen) atoms. The molecule has 1 aliphatic heterocycles. The lowest BCUT2D eigenvalue weighted by Gasteiger charge is -2.30. The van der Waals surface area contributed by atoms with E-state index in [1.165, 1.54) is 16.2 Å². The van der Waals surface area contributed by atoms with Gasteiger partial charge in [-0.05, 0) is 12.8 Å². The van der Waals surface area contributed by atoms with Crippen molar-refractivity contribution in [1.29, 1.82) is 0 Å². The number of carbonyl (C=O) groups excluding carboxylic acids is 2. The predicted octanol–water partition coefficient (Wildman–Crippen LogP) is 0.875. The van der Waals surface area contributed by atoms with Gasteiger partial charge >= 0.3 is 6.03 Å². The van der Waals surface area contributed by atoms with Crippen LogP contribution in [0.4, 0.5) is 9.93 Å². The molecule has 2 aliphatic rings. The number of amides is 3. The third-order valence-electron chi connectivity index (χ3n) is 3.73. The third-order valence-corrected chi connectivity index (χ3v) is 4.47. The average molecular weight is 281 g/mol. The first-order chi connectivity index (χ1) is 9.11. The summed E-state index contributed by atoms with van der Waals surface area (Å²) in [6.45, 7) is 0.154. The second kappa shape index (κ2) is 4.44. The first kappa shape index (κ1) is 12.3. The van der Waals surface area contributed by atoms with E-state index < -0.39 is 5.54 Å². The Morgan fingerprint density at radius 1 is 1.26 bits per heavy atom. The van der Waals surface area contributed by atoms with E-state index in [2.05, 4.69) is 15.5 Å². The number of carbonyl (C=O) groups is 2. The van der Waals surface area contributed by atoms with Crippen molar-refractivity contribution in [1.82, 2.24) is 20.4 Å². The normalized spacial score (nSPS) is 22.0. The van der Waals surface area contributed by atoms with Gasteiger partial charge in [-0.3, -0.25) is 9.69 Å². The lowest BCUT2D eigenvalue weighted by molar-refractivity contribution is -0.132. The Hall–Kier alpha value is -1.70. The van der Waals surface area contributed by atoms with Crippen molar-refractivity contribution in [3.8, 4) is 0 Å². The Balaban J connectivity index is 1.79. The molecule has 8 heteroatoms. The number of nitrogens with one attached hydrogen (secondary N) is 1. The minimum Gasteiger partial charge on any atom is -0.374 e. The molecular weight excluding hydrogens is 266 g/mol. The molecular formula is C11H15N5O2S. The Kier molecular flexibility index (Phi) is 2.89. The van der Waals surface area contributed by atoms with Gasteiger partial charge < -0.3 is 11.1 Å². The number of hydrogen-bond donors (Lipinski definition) is 2. The number of anilines is 1. The summed E-state index contributed by atoms with van der Waals surface area (Å²) in [6, 6.07) is -0.333. The summed E-state index contributed by atoms with van der Waals surface area (Å²) < 4.78 is 0. The summed E-state index contributed by atoms with van der Waals surface area (Å²) in [5.41, 5.74) is 4.82. The number of urea groups is 1. The van der Waals surface area contributed by atoms with Crippen molar-refractivity contribution < 1.29 is 9.59 Å². The lowest BCUT2D eigenvalue weighted by Crippen LogP contribution is -2.48. The van der Waals surface area contributed by atoms with Crippen LogP contribution >= 0.6 is 11.3 Å². The molecule has 1 aliphatic carbocycles. The first-order valence-corrected chi connectivity index (χ1v) is 7.14. The van der Waals surface area contributed by atoms with Gasteiger partial charge in [0.1, 0.15) is 10.5 Å². The molecule has 1 saturated carbocycles. The number of hydrogen-bond acceptors (Lipinski definition) is 6. The second-order valence-electron chi connectivity index (χ2n) is 5.00. The topological polar surface area (TPSA) is 101 Å². The predicted molar refractivity (Wildman–Crippen MR) is 69.2 cm³/mol. The van der Waals surface area contributed by atoms with E-state index in [1.54, 1.807) is 0 Å². The molecule has 1 spiro atoms. The number of aromatic nitrogens is 2. The molecule has 3 N–H and O–H groups in total. The lowest BCUT2D eigenvalue weighted by atomic mass is 9.82. The molecule has 0 radical (unpaired) electrons. The summed E-state index contributed by atoms with van der Waals surface area (Å²) in [6.07, 6.45) is 4.54. The highest BCUT2D eigenvalue weighted by Crippen LogP contribution is 2.34. The van der Waals surface area contributed by atoms with E-state index in [-0.39, 0.29) is 18.5 Å². The maximum absolute atomic E-state index is 12.5. The van der Waals surface area contributed by atoms with Crippen molar-refractivity contribution in [2.24, 2.45) is 0 Å². The number of nitrogens with two attached hydrogens (primary N) is 1.